The average molecular weight is 314 g/mol. The lowest BCUT2D eigenvalue weighted by Gasteiger charge is -2.06. The molecule has 9 heteroatoms. The minimum absolute atomic E-state index is 0.0305. The van der Waals surface area contributed by atoms with Crippen LogP contribution in [0, 0.1) is 18.3 Å². The summed E-state index contributed by atoms with van der Waals surface area (Å²) in [7, 11) is 0. The van der Waals surface area contributed by atoms with Crippen LogP contribution in [-0.2, 0) is 0 Å². The number of fused-ring (bicyclic) bond motifs is 1. The lowest BCUT2D eigenvalue weighted by atomic mass is 10.0. The van der Waals surface area contributed by atoms with Crippen LogP contribution in [0.1, 0.15) is 21.0 Å². The van der Waals surface area contributed by atoms with Crippen LogP contribution in [-0.4, -0.2) is 16.0 Å². The van der Waals surface area contributed by atoms with Gasteiger partial charge < -0.3 is 21.7 Å². The molecule has 0 radical (unpaired) electrons. The number of nitrogen functional groups attached to an aromatic ring is 2. The summed E-state index contributed by atoms with van der Waals surface area (Å²) in [5.41, 5.74) is 18.2. The monoisotopic (exact) mass is 314 g/mol. The number of anilines is 2. The van der Waals surface area contributed by atoms with E-state index in [1.807, 2.05) is 6.07 Å². The molecule has 0 saturated heterocycles. The maximum absolute atomic E-state index is 11.5. The van der Waals surface area contributed by atoms with Crippen LogP contribution < -0.4 is 17.2 Å². The third-order valence-electron chi connectivity index (χ3n) is 3.12. The van der Waals surface area contributed by atoms with Gasteiger partial charge in [0.1, 0.15) is 38.6 Å². The van der Waals surface area contributed by atoms with E-state index in [4.69, 9.17) is 21.7 Å². The summed E-state index contributed by atoms with van der Waals surface area (Å²) in [6.45, 7) is 1.72. The number of aromatic nitrogens is 2. The van der Waals surface area contributed by atoms with Crippen molar-refractivity contribution in [2.75, 3.05) is 11.5 Å². The van der Waals surface area contributed by atoms with Crippen LogP contribution in [0.2, 0.25) is 0 Å². The Morgan fingerprint density at radius 2 is 2.18 bits per heavy atom. The van der Waals surface area contributed by atoms with Gasteiger partial charge in [0, 0.05) is 17.0 Å². The van der Waals surface area contributed by atoms with Crippen molar-refractivity contribution in [3.63, 3.8) is 0 Å². The zero-order valence-corrected chi connectivity index (χ0v) is 12.2. The minimum Gasteiger partial charge on any atom is -0.397 e. The number of thiophene rings is 1. The van der Waals surface area contributed by atoms with Crippen molar-refractivity contribution in [1.29, 1.82) is 5.26 Å². The molecular formula is C13H10N6O2S. The highest BCUT2D eigenvalue weighted by atomic mass is 32.1. The number of nitrogens with zero attached hydrogens (tertiary/aromatic N) is 3. The largest absolute Gasteiger partial charge is 0.397 e. The van der Waals surface area contributed by atoms with E-state index in [1.165, 1.54) is 0 Å². The van der Waals surface area contributed by atoms with Gasteiger partial charge in [0.15, 0.2) is 0 Å². The van der Waals surface area contributed by atoms with E-state index in [-0.39, 0.29) is 21.9 Å². The molecule has 0 aromatic carbocycles. The van der Waals surface area contributed by atoms with Gasteiger partial charge in [-0.2, -0.15) is 5.26 Å². The number of pyridine rings is 1. The van der Waals surface area contributed by atoms with Gasteiger partial charge in [-0.1, -0.05) is 5.16 Å². The van der Waals surface area contributed by atoms with Gasteiger partial charge in [-0.05, 0) is 6.92 Å². The van der Waals surface area contributed by atoms with Gasteiger partial charge in [-0.3, -0.25) is 4.79 Å². The summed E-state index contributed by atoms with van der Waals surface area (Å²) in [6, 6.07) is 3.64. The Hall–Kier alpha value is -3.12. The number of carbonyl (C=O) groups excluding carboxylic acids is 1. The number of nitriles is 1. The third kappa shape index (κ3) is 1.86. The second-order valence-electron chi connectivity index (χ2n) is 4.57. The Morgan fingerprint density at radius 3 is 2.73 bits per heavy atom. The second kappa shape index (κ2) is 4.71. The second-order valence-corrected chi connectivity index (χ2v) is 5.57. The zero-order valence-electron chi connectivity index (χ0n) is 11.4. The maximum atomic E-state index is 11.5. The zero-order chi connectivity index (χ0) is 16.0. The van der Waals surface area contributed by atoms with Crippen molar-refractivity contribution in [2.45, 2.75) is 6.92 Å². The molecule has 6 N–H and O–H groups in total. The molecule has 0 atom stereocenters. The van der Waals surface area contributed by atoms with Gasteiger partial charge in [0.2, 0.25) is 0 Å². The van der Waals surface area contributed by atoms with Crippen molar-refractivity contribution < 1.29 is 9.32 Å². The summed E-state index contributed by atoms with van der Waals surface area (Å²) >= 11 is 1.02. The number of primary amides is 1. The van der Waals surface area contributed by atoms with E-state index >= 15 is 0 Å². The first-order chi connectivity index (χ1) is 10.4. The van der Waals surface area contributed by atoms with Crippen LogP contribution in [0.25, 0.3) is 21.5 Å². The number of carbonyl (C=O) groups is 1. The molecule has 0 fully saturated rings. The number of aryl methyl sites for hydroxylation is 1. The van der Waals surface area contributed by atoms with Crippen molar-refractivity contribution in [1.82, 2.24) is 10.1 Å². The van der Waals surface area contributed by atoms with Crippen LogP contribution in [0.3, 0.4) is 0 Å². The van der Waals surface area contributed by atoms with E-state index in [0.29, 0.717) is 27.2 Å². The fourth-order valence-electron chi connectivity index (χ4n) is 2.21. The molecule has 0 aliphatic carbocycles. The molecular weight excluding hydrogens is 304 g/mol. The molecule has 0 saturated carbocycles. The molecule has 110 valence electrons. The first kappa shape index (κ1) is 13.8. The van der Waals surface area contributed by atoms with Crippen LogP contribution >= 0.6 is 11.3 Å². The van der Waals surface area contributed by atoms with E-state index in [2.05, 4.69) is 10.1 Å². The van der Waals surface area contributed by atoms with Gasteiger partial charge in [-0.25, -0.2) is 4.98 Å². The van der Waals surface area contributed by atoms with Gasteiger partial charge in [0.05, 0.1) is 5.69 Å². The molecule has 3 aromatic rings. The molecule has 1 amide bonds. The Labute approximate surface area is 128 Å². The number of hydrogen-bond acceptors (Lipinski definition) is 8. The van der Waals surface area contributed by atoms with Crippen molar-refractivity contribution in [3.05, 3.63) is 22.3 Å². The van der Waals surface area contributed by atoms with Crippen molar-refractivity contribution in [3.8, 4) is 17.3 Å². The molecule has 3 rings (SSSR count). The number of hydrogen-bond donors (Lipinski definition) is 3. The first-order valence-corrected chi connectivity index (χ1v) is 6.90. The molecule has 3 aromatic heterocycles. The number of rotatable bonds is 2. The lowest BCUT2D eigenvalue weighted by Crippen LogP contribution is -2.10. The van der Waals surface area contributed by atoms with Crippen molar-refractivity contribution >= 4 is 39.0 Å². The Bertz CT molecular complexity index is 965. The summed E-state index contributed by atoms with van der Waals surface area (Å²) in [5, 5.41) is 13.7. The van der Waals surface area contributed by atoms with Gasteiger partial charge >= 0.3 is 0 Å². The summed E-state index contributed by atoms with van der Waals surface area (Å²) in [4.78, 5) is 16.2. The smallest absolute Gasteiger partial charge is 0.260 e. The topological polar surface area (TPSA) is 158 Å². The van der Waals surface area contributed by atoms with Gasteiger partial charge in [0.25, 0.3) is 5.91 Å². The van der Waals surface area contributed by atoms with E-state index in [9.17, 15) is 10.1 Å². The number of nitrogens with two attached hydrogens (primary N) is 3. The molecule has 22 heavy (non-hydrogen) atoms. The first-order valence-electron chi connectivity index (χ1n) is 6.09. The molecule has 8 nitrogen and oxygen atoms in total. The molecule has 3 heterocycles. The number of amides is 1. The van der Waals surface area contributed by atoms with Gasteiger partial charge in [-0.15, -0.1) is 11.3 Å². The Morgan fingerprint density at radius 1 is 1.45 bits per heavy atom. The van der Waals surface area contributed by atoms with Crippen LogP contribution in [0.4, 0.5) is 11.5 Å². The highest BCUT2D eigenvalue weighted by Gasteiger charge is 2.24. The van der Waals surface area contributed by atoms with E-state index < -0.39 is 5.91 Å². The summed E-state index contributed by atoms with van der Waals surface area (Å²) < 4.78 is 5.05. The fraction of sp³-hybridized carbons (Fsp3) is 0.0769. The molecule has 0 aliphatic heterocycles. The fourth-order valence-corrected chi connectivity index (χ4v) is 3.17. The van der Waals surface area contributed by atoms with E-state index in [0.717, 1.165) is 11.3 Å². The lowest BCUT2D eigenvalue weighted by molar-refractivity contribution is 0.100. The highest BCUT2D eigenvalue weighted by molar-refractivity contribution is 7.21. The quantitative estimate of drug-likeness (QED) is 0.644. The Balaban J connectivity index is 2.51. The highest BCUT2D eigenvalue weighted by Crippen LogP contribution is 2.42. The SMILES string of the molecule is Cc1cc(-c2c(C#N)c(N)nc3sc(C(N)=O)c(N)c23)no1. The van der Waals surface area contributed by atoms with E-state index in [1.54, 1.807) is 13.0 Å². The summed E-state index contributed by atoms with van der Waals surface area (Å²) in [6.07, 6.45) is 0. The summed E-state index contributed by atoms with van der Waals surface area (Å²) in [5.74, 6) is -0.0749. The predicted molar refractivity (Wildman–Crippen MR) is 81.9 cm³/mol. The van der Waals surface area contributed by atoms with Crippen LogP contribution in [0.15, 0.2) is 10.6 Å². The minimum atomic E-state index is -0.667. The normalized spacial score (nSPS) is 10.7. The predicted octanol–water partition coefficient (Wildman–Crippen LogP) is 1.39. The Kier molecular flexibility index (Phi) is 2.97. The standard InChI is InChI=1S/C13H10N6O2S/c1-4-2-6(19-21-4)7-5(3-14)11(16)18-13-8(7)9(15)10(22-13)12(17)20/h2H,15H2,1H3,(H2,16,18)(H2,17,20). The molecule has 0 aliphatic rings. The molecule has 0 spiro atoms. The third-order valence-corrected chi connectivity index (χ3v) is 4.24. The maximum Gasteiger partial charge on any atom is 0.260 e. The average Bonchev–Trinajstić information content (AvgIpc) is 3.02. The molecule has 0 unspecified atom stereocenters. The van der Waals surface area contributed by atoms with Crippen LogP contribution in [0.5, 0.6) is 0 Å². The van der Waals surface area contributed by atoms with Crippen molar-refractivity contribution in [2.24, 2.45) is 5.73 Å². The molecule has 0 bridgehead atoms.